The maximum atomic E-state index is 11.2. The molecule has 1 heterocycles. The third-order valence-electron chi connectivity index (χ3n) is 2.17. The third-order valence-corrected chi connectivity index (χ3v) is 2.98. The van der Waals surface area contributed by atoms with Gasteiger partial charge in [0.05, 0.1) is 23.4 Å². The van der Waals surface area contributed by atoms with E-state index in [-0.39, 0.29) is 0 Å². The van der Waals surface area contributed by atoms with Crippen LogP contribution in [0.2, 0.25) is 0 Å². The summed E-state index contributed by atoms with van der Waals surface area (Å²) in [6.45, 7) is 0. The molecule has 15 heavy (non-hydrogen) atoms. The maximum absolute atomic E-state index is 11.2. The van der Waals surface area contributed by atoms with Gasteiger partial charge >= 0.3 is 0 Å². The lowest BCUT2D eigenvalue weighted by molar-refractivity contribution is 0.415. The molecule has 0 fully saturated rings. The SMILES string of the molecule is COc1ccc2nc(S(C)=O)ccc2c1. The van der Waals surface area contributed by atoms with Gasteiger partial charge in [-0.15, -0.1) is 0 Å². The summed E-state index contributed by atoms with van der Waals surface area (Å²) in [5.74, 6) is 0.801. The molecule has 1 aromatic carbocycles. The minimum absolute atomic E-state index is 0.604. The summed E-state index contributed by atoms with van der Waals surface area (Å²) in [4.78, 5) is 4.29. The lowest BCUT2D eigenvalue weighted by atomic mass is 10.2. The molecular weight excluding hydrogens is 210 g/mol. The van der Waals surface area contributed by atoms with Crippen LogP contribution in [0.4, 0.5) is 0 Å². The Balaban J connectivity index is 2.59. The summed E-state index contributed by atoms with van der Waals surface area (Å²) < 4.78 is 16.3. The van der Waals surface area contributed by atoms with E-state index in [0.29, 0.717) is 5.03 Å². The smallest absolute Gasteiger partial charge is 0.127 e. The standard InChI is InChI=1S/C11H11NO2S/c1-14-9-4-5-10-8(7-9)3-6-11(12-10)15(2)13/h3-7H,1-2H3. The molecule has 2 rings (SSSR count). The number of methoxy groups -OCH3 is 1. The lowest BCUT2D eigenvalue weighted by Gasteiger charge is -2.03. The van der Waals surface area contributed by atoms with Gasteiger partial charge in [-0.05, 0) is 30.3 Å². The van der Waals surface area contributed by atoms with Crippen LogP contribution < -0.4 is 4.74 Å². The molecule has 1 atom stereocenters. The van der Waals surface area contributed by atoms with Crippen LogP contribution in [0.25, 0.3) is 10.9 Å². The number of pyridine rings is 1. The fourth-order valence-corrected chi connectivity index (χ4v) is 1.86. The van der Waals surface area contributed by atoms with Crippen molar-refractivity contribution < 1.29 is 8.95 Å². The number of aromatic nitrogens is 1. The number of rotatable bonds is 2. The Hall–Kier alpha value is -1.42. The molecule has 78 valence electrons. The molecule has 0 N–H and O–H groups in total. The Bertz CT molecular complexity index is 525. The monoisotopic (exact) mass is 221 g/mol. The predicted molar refractivity (Wildman–Crippen MR) is 60.6 cm³/mol. The fourth-order valence-electron chi connectivity index (χ4n) is 1.37. The lowest BCUT2D eigenvalue weighted by Crippen LogP contribution is -1.92. The predicted octanol–water partition coefficient (Wildman–Crippen LogP) is 1.98. The molecule has 1 unspecified atom stereocenters. The van der Waals surface area contributed by atoms with Crippen molar-refractivity contribution in [3.63, 3.8) is 0 Å². The number of fused-ring (bicyclic) bond motifs is 1. The highest BCUT2D eigenvalue weighted by molar-refractivity contribution is 7.84. The second-order valence-corrected chi connectivity index (χ2v) is 4.49. The zero-order valence-corrected chi connectivity index (χ0v) is 9.38. The zero-order valence-electron chi connectivity index (χ0n) is 8.56. The van der Waals surface area contributed by atoms with Gasteiger partial charge in [-0.2, -0.15) is 0 Å². The molecule has 1 aromatic heterocycles. The van der Waals surface area contributed by atoms with E-state index in [4.69, 9.17) is 4.74 Å². The van der Waals surface area contributed by atoms with E-state index in [1.807, 2.05) is 24.3 Å². The number of benzene rings is 1. The Morgan fingerprint density at radius 2 is 2.07 bits per heavy atom. The van der Waals surface area contributed by atoms with Gasteiger partial charge in [0, 0.05) is 11.6 Å². The van der Waals surface area contributed by atoms with E-state index in [1.54, 1.807) is 19.4 Å². The Morgan fingerprint density at radius 3 is 2.73 bits per heavy atom. The normalized spacial score (nSPS) is 12.7. The van der Waals surface area contributed by atoms with Crippen molar-refractivity contribution >= 4 is 21.7 Å². The van der Waals surface area contributed by atoms with E-state index in [9.17, 15) is 4.21 Å². The van der Waals surface area contributed by atoms with Crippen molar-refractivity contribution in [3.8, 4) is 5.75 Å². The van der Waals surface area contributed by atoms with Crippen molar-refractivity contribution in [1.82, 2.24) is 4.98 Å². The van der Waals surface area contributed by atoms with Crippen LogP contribution >= 0.6 is 0 Å². The minimum atomic E-state index is -1.03. The summed E-state index contributed by atoms with van der Waals surface area (Å²) in [5, 5.41) is 1.59. The quantitative estimate of drug-likeness (QED) is 0.778. The molecule has 0 spiro atoms. The van der Waals surface area contributed by atoms with Gasteiger partial charge in [-0.25, -0.2) is 4.98 Å². The molecule has 0 amide bonds. The van der Waals surface area contributed by atoms with Gasteiger partial charge in [-0.3, -0.25) is 4.21 Å². The highest BCUT2D eigenvalue weighted by Gasteiger charge is 2.02. The number of ether oxygens (including phenoxy) is 1. The van der Waals surface area contributed by atoms with Crippen molar-refractivity contribution in [2.45, 2.75) is 5.03 Å². The Labute approximate surface area is 90.6 Å². The van der Waals surface area contributed by atoms with Gasteiger partial charge in [0.25, 0.3) is 0 Å². The van der Waals surface area contributed by atoms with Crippen molar-refractivity contribution in [2.75, 3.05) is 13.4 Å². The average Bonchev–Trinajstić information content (AvgIpc) is 2.27. The highest BCUT2D eigenvalue weighted by atomic mass is 32.2. The maximum Gasteiger partial charge on any atom is 0.127 e. The third kappa shape index (κ3) is 1.99. The Kier molecular flexibility index (Phi) is 2.68. The summed E-state index contributed by atoms with van der Waals surface area (Å²) in [6.07, 6.45) is 1.62. The van der Waals surface area contributed by atoms with Gasteiger partial charge in [0.1, 0.15) is 10.8 Å². The summed E-state index contributed by atoms with van der Waals surface area (Å²) >= 11 is 0. The molecule has 0 saturated heterocycles. The minimum Gasteiger partial charge on any atom is -0.497 e. The number of hydrogen-bond donors (Lipinski definition) is 0. The first-order chi connectivity index (χ1) is 7.20. The van der Waals surface area contributed by atoms with Crippen molar-refractivity contribution in [1.29, 1.82) is 0 Å². The van der Waals surface area contributed by atoms with Crippen LogP contribution in [0, 0.1) is 0 Å². The topological polar surface area (TPSA) is 39.2 Å². The first-order valence-corrected chi connectivity index (χ1v) is 6.05. The van der Waals surface area contributed by atoms with Crippen LogP contribution in [0.15, 0.2) is 35.4 Å². The van der Waals surface area contributed by atoms with Gasteiger partial charge in [0.15, 0.2) is 0 Å². The molecule has 0 aliphatic rings. The van der Waals surface area contributed by atoms with Gasteiger partial charge < -0.3 is 4.74 Å². The second kappa shape index (κ2) is 3.98. The molecule has 0 aliphatic carbocycles. The zero-order chi connectivity index (χ0) is 10.8. The van der Waals surface area contributed by atoms with E-state index in [0.717, 1.165) is 16.7 Å². The molecule has 0 bridgehead atoms. The van der Waals surface area contributed by atoms with E-state index >= 15 is 0 Å². The van der Waals surface area contributed by atoms with Crippen molar-refractivity contribution in [2.24, 2.45) is 0 Å². The van der Waals surface area contributed by atoms with Crippen LogP contribution in [-0.2, 0) is 10.8 Å². The van der Waals surface area contributed by atoms with E-state index in [2.05, 4.69) is 4.98 Å². The fraction of sp³-hybridized carbons (Fsp3) is 0.182. The molecular formula is C11H11NO2S. The largest absolute Gasteiger partial charge is 0.497 e. The van der Waals surface area contributed by atoms with E-state index in [1.165, 1.54) is 0 Å². The van der Waals surface area contributed by atoms with Gasteiger partial charge in [-0.1, -0.05) is 0 Å². The molecule has 0 saturated carbocycles. The second-order valence-electron chi connectivity index (χ2n) is 3.16. The summed E-state index contributed by atoms with van der Waals surface area (Å²) in [7, 11) is 0.595. The van der Waals surface area contributed by atoms with E-state index < -0.39 is 10.8 Å². The average molecular weight is 221 g/mol. The molecule has 2 aromatic rings. The molecule has 0 radical (unpaired) electrons. The first kappa shape index (κ1) is 10.1. The number of nitrogens with zero attached hydrogens (tertiary/aromatic N) is 1. The van der Waals surface area contributed by atoms with Crippen LogP contribution in [-0.4, -0.2) is 22.6 Å². The van der Waals surface area contributed by atoms with Gasteiger partial charge in [0.2, 0.25) is 0 Å². The summed E-state index contributed by atoms with van der Waals surface area (Å²) in [5.41, 5.74) is 0.837. The summed E-state index contributed by atoms with van der Waals surface area (Å²) in [6, 6.07) is 9.30. The van der Waals surface area contributed by atoms with Crippen LogP contribution in [0.3, 0.4) is 0 Å². The molecule has 4 heteroatoms. The van der Waals surface area contributed by atoms with Crippen LogP contribution in [0.1, 0.15) is 0 Å². The van der Waals surface area contributed by atoms with Crippen molar-refractivity contribution in [3.05, 3.63) is 30.3 Å². The molecule has 0 aliphatic heterocycles. The Morgan fingerprint density at radius 1 is 1.27 bits per heavy atom. The first-order valence-electron chi connectivity index (χ1n) is 4.49. The van der Waals surface area contributed by atoms with Crippen LogP contribution in [0.5, 0.6) is 5.75 Å². The molecule has 3 nitrogen and oxygen atoms in total. The highest BCUT2D eigenvalue weighted by Crippen LogP contribution is 2.20. The number of hydrogen-bond acceptors (Lipinski definition) is 3.